The van der Waals surface area contributed by atoms with Gasteiger partial charge in [-0.05, 0) is 25.1 Å². The molecule has 0 spiro atoms. The molecule has 4 aromatic heterocycles. The van der Waals surface area contributed by atoms with Gasteiger partial charge in [-0.15, -0.1) is 10.2 Å². The number of hydrogen-bond donors (Lipinski definition) is 0. The molecule has 108 valence electrons. The van der Waals surface area contributed by atoms with Crippen LogP contribution in [-0.4, -0.2) is 34.9 Å². The topological polar surface area (TPSA) is 86.7 Å². The van der Waals surface area contributed by atoms with Gasteiger partial charge in [0.25, 0.3) is 0 Å². The van der Waals surface area contributed by atoms with E-state index in [1.807, 2.05) is 13.0 Å². The highest BCUT2D eigenvalue weighted by Gasteiger charge is 2.19. The minimum Gasteiger partial charge on any atom is -0.418 e. The van der Waals surface area contributed by atoms with Crippen molar-refractivity contribution < 1.29 is 9.53 Å². The van der Waals surface area contributed by atoms with Crippen molar-refractivity contribution in [3.05, 3.63) is 54.6 Å². The van der Waals surface area contributed by atoms with Crippen LogP contribution in [-0.2, 0) is 0 Å². The molecule has 4 rings (SSSR count). The monoisotopic (exact) mass is 294 g/mol. The van der Waals surface area contributed by atoms with Crippen LogP contribution in [0.4, 0.5) is 0 Å². The maximum Gasteiger partial charge on any atom is 0.366 e. The Labute approximate surface area is 124 Å². The maximum absolute atomic E-state index is 12.4. The third-order valence-electron chi connectivity index (χ3n) is 3.32. The van der Waals surface area contributed by atoms with Gasteiger partial charge in [0.2, 0.25) is 5.65 Å². The Kier molecular flexibility index (Phi) is 2.62. The van der Waals surface area contributed by atoms with Crippen molar-refractivity contribution in [2.24, 2.45) is 0 Å². The highest BCUT2D eigenvalue weighted by Crippen LogP contribution is 2.19. The number of rotatable bonds is 2. The molecule has 0 aromatic carbocycles. The molecule has 0 fully saturated rings. The number of carbonyl (C=O) groups excluding carboxylic acids is 1. The third-order valence-corrected chi connectivity index (χ3v) is 3.32. The number of ether oxygens (including phenoxy) is 1. The van der Waals surface area contributed by atoms with E-state index in [-0.39, 0.29) is 5.69 Å². The lowest BCUT2D eigenvalue weighted by atomic mass is 10.4. The molecule has 0 aliphatic heterocycles. The van der Waals surface area contributed by atoms with Crippen LogP contribution in [0.2, 0.25) is 0 Å². The van der Waals surface area contributed by atoms with Crippen LogP contribution in [0.15, 0.2) is 43.2 Å². The van der Waals surface area contributed by atoms with Gasteiger partial charge in [0.15, 0.2) is 17.1 Å². The lowest BCUT2D eigenvalue weighted by molar-refractivity contribution is 0.0732. The zero-order valence-electron chi connectivity index (χ0n) is 11.5. The lowest BCUT2D eigenvalue weighted by Crippen LogP contribution is -2.11. The summed E-state index contributed by atoms with van der Waals surface area (Å²) in [5, 5.41) is 7.71. The molecule has 0 aliphatic rings. The summed E-state index contributed by atoms with van der Waals surface area (Å²) in [5.41, 5.74) is 2.00. The summed E-state index contributed by atoms with van der Waals surface area (Å²) in [6.07, 6.45) is 6.47. The van der Waals surface area contributed by atoms with E-state index in [0.29, 0.717) is 17.0 Å². The summed E-state index contributed by atoms with van der Waals surface area (Å²) in [5.74, 6) is -0.268. The second kappa shape index (κ2) is 4.62. The number of hydrogen-bond acceptors (Lipinski definition) is 6. The van der Waals surface area contributed by atoms with Crippen LogP contribution in [0.1, 0.15) is 16.2 Å². The molecule has 8 heteroatoms. The van der Waals surface area contributed by atoms with Crippen molar-refractivity contribution in [1.82, 2.24) is 29.0 Å². The highest BCUT2D eigenvalue weighted by molar-refractivity contribution is 5.95. The Morgan fingerprint density at radius 1 is 1.18 bits per heavy atom. The van der Waals surface area contributed by atoms with E-state index in [1.165, 1.54) is 6.33 Å². The molecule has 8 nitrogen and oxygen atoms in total. The first kappa shape index (κ1) is 12.5. The second-order valence-electron chi connectivity index (χ2n) is 4.70. The van der Waals surface area contributed by atoms with Gasteiger partial charge < -0.3 is 4.74 Å². The normalized spacial score (nSPS) is 11.1. The molecule has 0 atom stereocenters. The van der Waals surface area contributed by atoms with Crippen LogP contribution in [0.3, 0.4) is 0 Å². The van der Waals surface area contributed by atoms with E-state index in [1.54, 1.807) is 39.7 Å². The fourth-order valence-corrected chi connectivity index (χ4v) is 2.22. The molecule has 0 radical (unpaired) electrons. The smallest absolute Gasteiger partial charge is 0.366 e. The van der Waals surface area contributed by atoms with E-state index in [4.69, 9.17) is 4.74 Å². The van der Waals surface area contributed by atoms with Gasteiger partial charge in [-0.2, -0.15) is 0 Å². The van der Waals surface area contributed by atoms with Crippen LogP contribution in [0.25, 0.3) is 11.3 Å². The molecule has 4 aromatic rings. The average Bonchev–Trinajstić information content (AvgIpc) is 3.14. The molecule has 22 heavy (non-hydrogen) atoms. The van der Waals surface area contributed by atoms with Gasteiger partial charge >= 0.3 is 5.97 Å². The third kappa shape index (κ3) is 1.81. The van der Waals surface area contributed by atoms with Gasteiger partial charge in [0.1, 0.15) is 12.7 Å². The minimum atomic E-state index is -0.586. The van der Waals surface area contributed by atoms with Crippen molar-refractivity contribution >= 4 is 17.3 Å². The lowest BCUT2D eigenvalue weighted by Gasteiger charge is -2.03. The van der Waals surface area contributed by atoms with E-state index in [2.05, 4.69) is 20.2 Å². The first-order chi connectivity index (χ1) is 10.7. The summed E-state index contributed by atoms with van der Waals surface area (Å²) < 4.78 is 8.79. The zero-order chi connectivity index (χ0) is 15.1. The molecule has 4 heterocycles. The van der Waals surface area contributed by atoms with Crippen LogP contribution >= 0.6 is 0 Å². The predicted molar refractivity (Wildman–Crippen MR) is 75.7 cm³/mol. The van der Waals surface area contributed by atoms with E-state index >= 15 is 0 Å². The van der Waals surface area contributed by atoms with E-state index in [0.717, 1.165) is 5.69 Å². The fraction of sp³-hybridized carbons (Fsp3) is 0.0714. The number of nitrogens with zero attached hydrogens (tertiary/aromatic N) is 6. The van der Waals surface area contributed by atoms with Gasteiger partial charge in [-0.3, -0.25) is 8.80 Å². The first-order valence-electron chi connectivity index (χ1n) is 6.53. The molecule has 0 bridgehead atoms. The molecule has 0 amide bonds. The molecular formula is C14H10N6O2. The first-order valence-corrected chi connectivity index (χ1v) is 6.53. The van der Waals surface area contributed by atoms with Crippen molar-refractivity contribution in [2.45, 2.75) is 6.92 Å². The SMILES string of the molecule is Cc1ccnc2c(C(=O)Oc3cccn4cnnc34)ncn12. The minimum absolute atomic E-state index is 0.158. The van der Waals surface area contributed by atoms with Crippen molar-refractivity contribution in [1.29, 1.82) is 0 Å². The maximum atomic E-state index is 12.4. The molecular weight excluding hydrogens is 284 g/mol. The standard InChI is InChI=1S/C14H10N6O2/c1-9-4-5-15-13-11(16-7-20(9)13)14(21)22-10-3-2-6-19-8-17-18-12(10)19/h2-8H,1H3. The predicted octanol–water partition coefficient (Wildman–Crippen LogP) is 1.30. The molecule has 0 saturated carbocycles. The highest BCUT2D eigenvalue weighted by atomic mass is 16.5. The number of aryl methyl sites for hydroxylation is 1. The molecule has 0 aliphatic carbocycles. The Morgan fingerprint density at radius 3 is 3.00 bits per heavy atom. The number of fused-ring (bicyclic) bond motifs is 2. The van der Waals surface area contributed by atoms with Crippen LogP contribution < -0.4 is 4.74 Å². The van der Waals surface area contributed by atoms with Gasteiger partial charge in [-0.25, -0.2) is 14.8 Å². The molecule has 0 unspecified atom stereocenters. The summed E-state index contributed by atoms with van der Waals surface area (Å²) in [4.78, 5) is 20.7. The fourth-order valence-electron chi connectivity index (χ4n) is 2.22. The summed E-state index contributed by atoms with van der Waals surface area (Å²) >= 11 is 0. The number of esters is 1. The van der Waals surface area contributed by atoms with Crippen molar-refractivity contribution in [3.63, 3.8) is 0 Å². The summed E-state index contributed by atoms with van der Waals surface area (Å²) in [6, 6.07) is 5.23. The Bertz CT molecular complexity index is 1000. The largest absolute Gasteiger partial charge is 0.418 e. The van der Waals surface area contributed by atoms with Crippen LogP contribution in [0.5, 0.6) is 5.75 Å². The second-order valence-corrected chi connectivity index (χ2v) is 4.70. The average molecular weight is 294 g/mol. The Morgan fingerprint density at radius 2 is 2.09 bits per heavy atom. The summed E-state index contributed by atoms with van der Waals surface area (Å²) in [6.45, 7) is 1.91. The summed E-state index contributed by atoms with van der Waals surface area (Å²) in [7, 11) is 0. The quantitative estimate of drug-likeness (QED) is 0.518. The van der Waals surface area contributed by atoms with Crippen molar-refractivity contribution in [2.75, 3.05) is 0 Å². The van der Waals surface area contributed by atoms with Gasteiger partial charge in [-0.1, -0.05) is 0 Å². The van der Waals surface area contributed by atoms with Crippen LogP contribution in [0, 0.1) is 6.92 Å². The molecule has 0 saturated heterocycles. The van der Waals surface area contributed by atoms with Gasteiger partial charge in [0.05, 0.1) is 0 Å². The van der Waals surface area contributed by atoms with Crippen molar-refractivity contribution in [3.8, 4) is 5.75 Å². The molecule has 0 N–H and O–H groups in total. The number of pyridine rings is 1. The van der Waals surface area contributed by atoms with E-state index < -0.39 is 5.97 Å². The Balaban J connectivity index is 1.75. The number of imidazole rings is 1. The van der Waals surface area contributed by atoms with E-state index in [9.17, 15) is 4.79 Å². The van der Waals surface area contributed by atoms with Gasteiger partial charge in [0, 0.05) is 18.1 Å². The Hall–Kier alpha value is -3.29. The number of carbonyl (C=O) groups is 1. The zero-order valence-corrected chi connectivity index (χ0v) is 11.5. The number of aromatic nitrogens is 6.